The fraction of sp³-hybridized carbons (Fsp3) is 0.421. The van der Waals surface area contributed by atoms with Crippen LogP contribution in [0.4, 0.5) is 0 Å². The van der Waals surface area contributed by atoms with Crippen molar-refractivity contribution < 1.29 is 23.6 Å². The molecule has 138 valence electrons. The first-order valence-corrected chi connectivity index (χ1v) is 8.64. The topological polar surface area (TPSA) is 81.9 Å². The number of aryl methyl sites for hydroxylation is 2. The predicted molar refractivity (Wildman–Crippen MR) is 92.8 cm³/mol. The van der Waals surface area contributed by atoms with Crippen molar-refractivity contribution in [3.8, 4) is 5.75 Å². The van der Waals surface area contributed by atoms with E-state index in [1.54, 1.807) is 29.2 Å². The molecule has 1 aliphatic rings. The monoisotopic (exact) mass is 358 g/mol. The molecule has 0 saturated carbocycles. The number of carbonyl (C=O) groups excluding carboxylic acids is 2. The van der Waals surface area contributed by atoms with Crippen LogP contribution < -0.4 is 4.74 Å². The summed E-state index contributed by atoms with van der Waals surface area (Å²) in [5.41, 5.74) is 2.09. The van der Waals surface area contributed by atoms with Gasteiger partial charge in [0.15, 0.2) is 6.61 Å². The molecule has 3 rings (SSSR count). The molecule has 0 spiro atoms. The van der Waals surface area contributed by atoms with Gasteiger partial charge in [-0.2, -0.15) is 0 Å². The van der Waals surface area contributed by atoms with Gasteiger partial charge in [0.1, 0.15) is 18.1 Å². The Hall–Kier alpha value is -2.83. The molecule has 0 radical (unpaired) electrons. The molecule has 1 saturated heterocycles. The van der Waals surface area contributed by atoms with Gasteiger partial charge >= 0.3 is 5.97 Å². The number of amides is 1. The summed E-state index contributed by atoms with van der Waals surface area (Å²) in [5.74, 6) is 0.685. The molecule has 1 amide bonds. The molecule has 0 bridgehead atoms. The second-order valence-corrected chi connectivity index (χ2v) is 6.28. The smallest absolute Gasteiger partial charge is 0.338 e. The molecule has 26 heavy (non-hydrogen) atoms. The quantitative estimate of drug-likeness (QED) is 0.739. The van der Waals surface area contributed by atoms with Crippen molar-refractivity contribution >= 4 is 11.9 Å². The number of nitrogens with zero attached hydrogens (tertiary/aromatic N) is 2. The fourth-order valence-corrected chi connectivity index (χ4v) is 2.82. The van der Waals surface area contributed by atoms with E-state index in [2.05, 4.69) is 5.16 Å². The number of hydrogen-bond acceptors (Lipinski definition) is 6. The fourth-order valence-electron chi connectivity index (χ4n) is 2.82. The summed E-state index contributed by atoms with van der Waals surface area (Å²) >= 11 is 0. The van der Waals surface area contributed by atoms with E-state index < -0.39 is 5.97 Å². The number of hydrogen-bond donors (Lipinski definition) is 0. The standard InChI is InChI=1S/C19H22N2O5/c1-13-17(14(2)26-20-13)11-24-16-7-5-15(6-8-16)19(23)25-12-18(22)21-9-3-4-10-21/h5-8H,3-4,9-12H2,1-2H3. The minimum atomic E-state index is -0.519. The minimum Gasteiger partial charge on any atom is -0.489 e. The van der Waals surface area contributed by atoms with Crippen LogP contribution in [0.15, 0.2) is 28.8 Å². The molecule has 2 aromatic rings. The third-order valence-corrected chi connectivity index (χ3v) is 4.44. The molecular formula is C19H22N2O5. The molecule has 7 heteroatoms. The van der Waals surface area contributed by atoms with E-state index in [9.17, 15) is 9.59 Å². The molecule has 1 aromatic carbocycles. The first kappa shape index (κ1) is 18.0. The van der Waals surface area contributed by atoms with Crippen molar-refractivity contribution in [1.82, 2.24) is 10.1 Å². The SMILES string of the molecule is Cc1noc(C)c1COc1ccc(C(=O)OCC(=O)N2CCCC2)cc1. The number of rotatable bonds is 6. The minimum absolute atomic E-state index is 0.143. The average Bonchev–Trinajstić information content (AvgIpc) is 3.29. The van der Waals surface area contributed by atoms with Crippen LogP contribution in [0.2, 0.25) is 0 Å². The van der Waals surface area contributed by atoms with Gasteiger partial charge in [0.25, 0.3) is 5.91 Å². The molecule has 1 fully saturated rings. The third-order valence-electron chi connectivity index (χ3n) is 4.44. The van der Waals surface area contributed by atoms with Crippen molar-refractivity contribution in [3.63, 3.8) is 0 Å². The highest BCUT2D eigenvalue weighted by atomic mass is 16.5. The zero-order valence-electron chi connectivity index (χ0n) is 15.0. The van der Waals surface area contributed by atoms with Crippen molar-refractivity contribution in [2.24, 2.45) is 0 Å². The number of aromatic nitrogens is 1. The molecule has 1 aromatic heterocycles. The number of benzene rings is 1. The lowest BCUT2D eigenvalue weighted by atomic mass is 10.2. The van der Waals surface area contributed by atoms with Crippen molar-refractivity contribution in [2.75, 3.05) is 19.7 Å². The summed E-state index contributed by atoms with van der Waals surface area (Å²) < 4.78 is 15.9. The molecule has 0 aliphatic carbocycles. The Labute approximate surface area is 151 Å². The lowest BCUT2D eigenvalue weighted by Crippen LogP contribution is -2.32. The second kappa shape index (κ2) is 8.03. The molecule has 1 aliphatic heterocycles. The van der Waals surface area contributed by atoms with Gasteiger partial charge in [0.2, 0.25) is 0 Å². The van der Waals surface area contributed by atoms with Gasteiger partial charge in [0.05, 0.1) is 16.8 Å². The van der Waals surface area contributed by atoms with Gasteiger partial charge in [0, 0.05) is 13.1 Å². The Bertz CT molecular complexity index is 756. The van der Waals surface area contributed by atoms with E-state index in [-0.39, 0.29) is 12.5 Å². The van der Waals surface area contributed by atoms with E-state index >= 15 is 0 Å². The maximum Gasteiger partial charge on any atom is 0.338 e. The normalized spacial score (nSPS) is 13.7. The molecular weight excluding hydrogens is 336 g/mol. The number of carbonyl (C=O) groups is 2. The zero-order valence-corrected chi connectivity index (χ0v) is 15.0. The largest absolute Gasteiger partial charge is 0.489 e. The van der Waals surface area contributed by atoms with Gasteiger partial charge in [-0.15, -0.1) is 0 Å². The predicted octanol–water partition coefficient (Wildman–Crippen LogP) is 2.65. The van der Waals surface area contributed by atoms with Gasteiger partial charge in [-0.1, -0.05) is 5.16 Å². The second-order valence-electron chi connectivity index (χ2n) is 6.28. The van der Waals surface area contributed by atoms with Crippen LogP contribution in [-0.2, 0) is 16.1 Å². The van der Waals surface area contributed by atoms with Crippen LogP contribution in [0.1, 0.15) is 40.2 Å². The molecule has 0 N–H and O–H groups in total. The first-order chi connectivity index (χ1) is 12.5. The molecule has 0 atom stereocenters. The Kier molecular flexibility index (Phi) is 5.55. The lowest BCUT2D eigenvalue weighted by Gasteiger charge is -2.14. The molecule has 7 nitrogen and oxygen atoms in total. The third kappa shape index (κ3) is 4.22. The van der Waals surface area contributed by atoms with Gasteiger partial charge in [-0.05, 0) is 51.0 Å². The van der Waals surface area contributed by atoms with Gasteiger partial charge < -0.3 is 18.9 Å². The van der Waals surface area contributed by atoms with Crippen LogP contribution in [0, 0.1) is 13.8 Å². The Balaban J connectivity index is 1.50. The van der Waals surface area contributed by atoms with Crippen LogP contribution in [0.5, 0.6) is 5.75 Å². The number of likely N-dealkylation sites (tertiary alicyclic amines) is 1. The highest BCUT2D eigenvalue weighted by molar-refractivity contribution is 5.91. The van der Waals surface area contributed by atoms with E-state index in [1.807, 2.05) is 13.8 Å². The van der Waals surface area contributed by atoms with Crippen LogP contribution in [0.25, 0.3) is 0 Å². The van der Waals surface area contributed by atoms with Crippen molar-refractivity contribution in [3.05, 3.63) is 46.8 Å². The van der Waals surface area contributed by atoms with E-state index in [0.717, 1.165) is 42.9 Å². The molecule has 0 unspecified atom stereocenters. The van der Waals surface area contributed by atoms with Gasteiger partial charge in [-0.25, -0.2) is 4.79 Å². The first-order valence-electron chi connectivity index (χ1n) is 8.64. The van der Waals surface area contributed by atoms with E-state index in [0.29, 0.717) is 17.9 Å². The summed E-state index contributed by atoms with van der Waals surface area (Å²) in [6, 6.07) is 6.62. The highest BCUT2D eigenvalue weighted by Gasteiger charge is 2.19. The van der Waals surface area contributed by atoms with Crippen molar-refractivity contribution in [2.45, 2.75) is 33.3 Å². The maximum absolute atomic E-state index is 12.1. The maximum atomic E-state index is 12.1. The Morgan fingerprint density at radius 3 is 2.46 bits per heavy atom. The van der Waals surface area contributed by atoms with Crippen LogP contribution in [-0.4, -0.2) is 41.6 Å². The average molecular weight is 358 g/mol. The molecule has 2 heterocycles. The summed E-state index contributed by atoms with van der Waals surface area (Å²) in [4.78, 5) is 25.7. The zero-order chi connectivity index (χ0) is 18.5. The summed E-state index contributed by atoms with van der Waals surface area (Å²) in [6.45, 7) is 5.30. The Morgan fingerprint density at radius 1 is 1.15 bits per heavy atom. The van der Waals surface area contributed by atoms with Gasteiger partial charge in [-0.3, -0.25) is 4.79 Å². The number of esters is 1. The van der Waals surface area contributed by atoms with Crippen LogP contribution >= 0.6 is 0 Å². The lowest BCUT2D eigenvalue weighted by molar-refractivity contribution is -0.133. The summed E-state index contributed by atoms with van der Waals surface area (Å²) in [5, 5.41) is 3.88. The van der Waals surface area contributed by atoms with Crippen molar-refractivity contribution in [1.29, 1.82) is 0 Å². The summed E-state index contributed by atoms with van der Waals surface area (Å²) in [6.07, 6.45) is 2.02. The highest BCUT2D eigenvalue weighted by Crippen LogP contribution is 2.18. The van der Waals surface area contributed by atoms with E-state index in [4.69, 9.17) is 14.0 Å². The van der Waals surface area contributed by atoms with E-state index in [1.165, 1.54) is 0 Å². The Morgan fingerprint density at radius 2 is 1.85 bits per heavy atom. The summed E-state index contributed by atoms with van der Waals surface area (Å²) in [7, 11) is 0. The number of ether oxygens (including phenoxy) is 2. The van der Waals surface area contributed by atoms with Crippen LogP contribution in [0.3, 0.4) is 0 Å².